The number of hydrogen-bond donors (Lipinski definition) is 2. The second-order valence-electron chi connectivity index (χ2n) is 8.07. The third-order valence-electron chi connectivity index (χ3n) is 5.88. The molecule has 0 radical (unpaired) electrons. The maximum atomic E-state index is 13.3. The molecule has 4 rings (SSSR count). The van der Waals surface area contributed by atoms with Crippen molar-refractivity contribution in [2.45, 2.75) is 25.5 Å². The summed E-state index contributed by atoms with van der Waals surface area (Å²) in [5, 5.41) is 13.5. The molecular weight excluding hydrogens is 402 g/mol. The molecule has 0 saturated heterocycles. The molecule has 1 aromatic heterocycles. The topological polar surface area (TPSA) is 74.7 Å². The van der Waals surface area contributed by atoms with E-state index >= 15 is 0 Å². The number of amides is 1. The third-order valence-corrected chi connectivity index (χ3v) is 5.88. The van der Waals surface area contributed by atoms with Gasteiger partial charge < -0.3 is 20.1 Å². The number of hydrogen-bond acceptors (Lipinski definition) is 5. The molecule has 2 N–H and O–H groups in total. The van der Waals surface area contributed by atoms with Crippen LogP contribution in [0.4, 0.5) is 0 Å². The highest BCUT2D eigenvalue weighted by molar-refractivity contribution is 5.80. The molecule has 0 aliphatic carbocycles. The Hall–Kier alpha value is -3.22. The summed E-state index contributed by atoms with van der Waals surface area (Å²) >= 11 is 0. The van der Waals surface area contributed by atoms with Crippen LogP contribution in [0, 0.1) is 6.92 Å². The highest BCUT2D eigenvalue weighted by Gasteiger charge is 2.32. The van der Waals surface area contributed by atoms with Gasteiger partial charge in [0.2, 0.25) is 5.91 Å². The van der Waals surface area contributed by atoms with Crippen molar-refractivity contribution in [3.63, 3.8) is 0 Å². The van der Waals surface area contributed by atoms with Crippen LogP contribution in [0.2, 0.25) is 0 Å². The van der Waals surface area contributed by atoms with Crippen LogP contribution in [-0.2, 0) is 11.2 Å². The van der Waals surface area contributed by atoms with Crippen LogP contribution in [-0.4, -0.2) is 47.6 Å². The van der Waals surface area contributed by atoms with Gasteiger partial charge in [-0.3, -0.25) is 9.78 Å². The average Bonchev–Trinajstić information content (AvgIpc) is 2.83. The molecule has 32 heavy (non-hydrogen) atoms. The Morgan fingerprint density at radius 2 is 2.00 bits per heavy atom. The zero-order valence-electron chi connectivity index (χ0n) is 18.5. The number of aromatic nitrogens is 1. The van der Waals surface area contributed by atoms with Crippen LogP contribution in [0.3, 0.4) is 0 Å². The highest BCUT2D eigenvalue weighted by atomic mass is 16.5. The number of ether oxygens (including phenoxy) is 1. The summed E-state index contributed by atoms with van der Waals surface area (Å²) in [5.41, 5.74) is 4.85. The number of aryl methyl sites for hydroxylation is 1. The molecule has 166 valence electrons. The lowest BCUT2D eigenvalue weighted by Crippen LogP contribution is -2.45. The molecule has 6 nitrogen and oxygen atoms in total. The van der Waals surface area contributed by atoms with Crippen LogP contribution in [0.5, 0.6) is 5.75 Å². The minimum Gasteiger partial charge on any atom is -0.497 e. The molecular formula is C26H29N3O3. The lowest BCUT2D eigenvalue weighted by atomic mass is 9.88. The van der Waals surface area contributed by atoms with E-state index in [4.69, 9.17) is 4.74 Å². The molecule has 0 spiro atoms. The standard InChI is InChI=1S/C26H29N3O3/c1-18-7-6-10-23(28-18)24(30)16-27-17-25(31)29-14-13-19-11-12-21(32-2)15-22(19)26(29)20-8-4-3-5-9-20/h3-12,15,24,26-27,30H,13-14,16-17H2,1-2H3/t24?,26-/m0/s1. The summed E-state index contributed by atoms with van der Waals surface area (Å²) in [4.78, 5) is 19.5. The zero-order valence-corrected chi connectivity index (χ0v) is 18.5. The maximum Gasteiger partial charge on any atom is 0.237 e. The molecule has 0 fully saturated rings. The van der Waals surface area contributed by atoms with E-state index < -0.39 is 6.10 Å². The fourth-order valence-corrected chi connectivity index (χ4v) is 4.26. The first-order chi connectivity index (χ1) is 15.6. The van der Waals surface area contributed by atoms with Gasteiger partial charge in [0.15, 0.2) is 0 Å². The first-order valence-electron chi connectivity index (χ1n) is 10.9. The van der Waals surface area contributed by atoms with Crippen LogP contribution in [0.1, 0.15) is 40.2 Å². The van der Waals surface area contributed by atoms with Crippen molar-refractivity contribution in [1.82, 2.24) is 15.2 Å². The van der Waals surface area contributed by atoms with Gasteiger partial charge >= 0.3 is 0 Å². The van der Waals surface area contributed by atoms with E-state index in [1.165, 1.54) is 5.56 Å². The summed E-state index contributed by atoms with van der Waals surface area (Å²) in [7, 11) is 1.66. The Labute approximate surface area is 188 Å². The smallest absolute Gasteiger partial charge is 0.237 e. The number of nitrogens with one attached hydrogen (secondary N) is 1. The summed E-state index contributed by atoms with van der Waals surface area (Å²) in [6.45, 7) is 2.93. The van der Waals surface area contributed by atoms with Crippen molar-refractivity contribution in [1.29, 1.82) is 0 Å². The predicted octanol–water partition coefficient (Wildman–Crippen LogP) is 3.20. The molecule has 0 saturated carbocycles. The van der Waals surface area contributed by atoms with Crippen molar-refractivity contribution < 1.29 is 14.6 Å². The Balaban J connectivity index is 1.50. The number of carbonyl (C=O) groups is 1. The van der Waals surface area contributed by atoms with Crippen LogP contribution in [0.25, 0.3) is 0 Å². The van der Waals surface area contributed by atoms with Gasteiger partial charge in [-0.15, -0.1) is 0 Å². The summed E-state index contributed by atoms with van der Waals surface area (Å²) in [6, 6.07) is 21.6. The highest BCUT2D eigenvalue weighted by Crippen LogP contribution is 2.37. The first-order valence-corrected chi connectivity index (χ1v) is 10.9. The Kier molecular flexibility index (Phi) is 6.83. The van der Waals surface area contributed by atoms with E-state index in [2.05, 4.69) is 28.5 Å². The van der Waals surface area contributed by atoms with E-state index in [0.29, 0.717) is 12.2 Å². The molecule has 6 heteroatoms. The Morgan fingerprint density at radius 3 is 2.75 bits per heavy atom. The van der Waals surface area contributed by atoms with Crippen molar-refractivity contribution in [2.24, 2.45) is 0 Å². The van der Waals surface area contributed by atoms with Crippen LogP contribution >= 0.6 is 0 Å². The number of fused-ring (bicyclic) bond motifs is 1. The van der Waals surface area contributed by atoms with Gasteiger partial charge in [-0.1, -0.05) is 42.5 Å². The van der Waals surface area contributed by atoms with Gasteiger partial charge in [0.05, 0.1) is 25.4 Å². The number of carbonyl (C=O) groups excluding carboxylic acids is 1. The van der Waals surface area contributed by atoms with Gasteiger partial charge in [-0.05, 0) is 54.3 Å². The van der Waals surface area contributed by atoms with Gasteiger partial charge in [0.25, 0.3) is 0 Å². The second kappa shape index (κ2) is 9.94. The van der Waals surface area contributed by atoms with Crippen LogP contribution < -0.4 is 10.1 Å². The second-order valence-corrected chi connectivity index (χ2v) is 8.07. The number of aliphatic hydroxyl groups excluding tert-OH is 1. The Morgan fingerprint density at radius 1 is 1.19 bits per heavy atom. The van der Waals surface area contributed by atoms with Crippen molar-refractivity contribution in [3.8, 4) is 5.75 Å². The summed E-state index contributed by atoms with van der Waals surface area (Å²) in [5.74, 6) is 0.780. The van der Waals surface area contributed by atoms with Gasteiger partial charge in [0.1, 0.15) is 11.9 Å². The molecule has 1 aliphatic heterocycles. The number of aliphatic hydroxyl groups is 1. The third kappa shape index (κ3) is 4.82. The van der Waals surface area contributed by atoms with Gasteiger partial charge in [-0.25, -0.2) is 0 Å². The molecule has 2 atom stereocenters. The molecule has 2 heterocycles. The van der Waals surface area contributed by atoms with Gasteiger partial charge in [0, 0.05) is 18.8 Å². The number of pyridine rings is 1. The SMILES string of the molecule is COc1ccc2c(c1)[C@H](c1ccccc1)N(C(=O)CNCC(O)c1cccc(C)n1)CC2. The number of nitrogens with zero attached hydrogens (tertiary/aromatic N) is 2. The van der Waals surface area contributed by atoms with E-state index in [0.717, 1.165) is 29.0 Å². The maximum absolute atomic E-state index is 13.3. The van der Waals surface area contributed by atoms with E-state index in [-0.39, 0.29) is 25.0 Å². The van der Waals surface area contributed by atoms with Crippen molar-refractivity contribution in [2.75, 3.05) is 26.7 Å². The van der Waals surface area contributed by atoms with E-state index in [1.54, 1.807) is 13.2 Å². The van der Waals surface area contributed by atoms with E-state index in [1.807, 2.05) is 54.3 Å². The van der Waals surface area contributed by atoms with Crippen molar-refractivity contribution >= 4 is 5.91 Å². The predicted molar refractivity (Wildman–Crippen MR) is 123 cm³/mol. The fourth-order valence-electron chi connectivity index (χ4n) is 4.26. The molecule has 1 aliphatic rings. The molecule has 3 aromatic rings. The lowest BCUT2D eigenvalue weighted by molar-refractivity contribution is -0.132. The molecule has 0 bridgehead atoms. The normalized spacial score (nSPS) is 16.3. The summed E-state index contributed by atoms with van der Waals surface area (Å²) in [6.07, 6.45) is 0.0310. The number of rotatable bonds is 7. The number of benzene rings is 2. The average molecular weight is 432 g/mol. The minimum atomic E-state index is -0.765. The monoisotopic (exact) mass is 431 g/mol. The first kappa shape index (κ1) is 22.0. The quantitative estimate of drug-likeness (QED) is 0.601. The molecule has 1 unspecified atom stereocenters. The Bertz CT molecular complexity index is 1070. The lowest BCUT2D eigenvalue weighted by Gasteiger charge is -2.38. The molecule has 1 amide bonds. The largest absolute Gasteiger partial charge is 0.497 e. The zero-order chi connectivity index (χ0) is 22.5. The molecule has 2 aromatic carbocycles. The van der Waals surface area contributed by atoms with E-state index in [9.17, 15) is 9.90 Å². The fraction of sp³-hybridized carbons (Fsp3) is 0.308. The minimum absolute atomic E-state index is 0.00303. The van der Waals surface area contributed by atoms with Crippen molar-refractivity contribution in [3.05, 3.63) is 94.8 Å². The number of methoxy groups -OCH3 is 1. The summed E-state index contributed by atoms with van der Waals surface area (Å²) < 4.78 is 5.45. The van der Waals surface area contributed by atoms with Crippen LogP contribution in [0.15, 0.2) is 66.7 Å². The van der Waals surface area contributed by atoms with Gasteiger partial charge in [-0.2, -0.15) is 0 Å².